The van der Waals surface area contributed by atoms with E-state index in [0.29, 0.717) is 5.02 Å². The average Bonchev–Trinajstić information content (AvgIpc) is 3.04. The predicted molar refractivity (Wildman–Crippen MR) is 131 cm³/mol. The number of rotatable bonds is 7. The van der Waals surface area contributed by atoms with Gasteiger partial charge in [0.2, 0.25) is 13.3 Å². The predicted octanol–water partition coefficient (Wildman–Crippen LogP) is 6.93. The van der Waals surface area contributed by atoms with E-state index in [0.717, 1.165) is 24.8 Å². The molecule has 3 aromatic rings. The number of fused-ring (bicyclic) bond motifs is 1. The molecule has 2 atom stereocenters. The Morgan fingerprint density at radius 2 is 2.14 bits per heavy atom. The molecule has 152 valence electrons. The van der Waals surface area contributed by atoms with E-state index in [1.165, 1.54) is 18.0 Å². The molecule has 0 aliphatic carbocycles. The van der Waals surface area contributed by atoms with E-state index in [1.807, 2.05) is 35.7 Å². The van der Waals surface area contributed by atoms with Gasteiger partial charge >= 0.3 is 0 Å². The first kappa shape index (κ1) is 22.5. The molecule has 3 rings (SSSR count). The summed E-state index contributed by atoms with van der Waals surface area (Å²) >= 11 is 9.76. The minimum atomic E-state index is -3.25. The molecule has 0 saturated heterocycles. The molecule has 0 fully saturated rings. The van der Waals surface area contributed by atoms with E-state index in [2.05, 4.69) is 27.9 Å². The lowest BCUT2D eigenvalue weighted by atomic mass is 10.1. The van der Waals surface area contributed by atoms with E-state index in [4.69, 9.17) is 16.1 Å². The van der Waals surface area contributed by atoms with Crippen molar-refractivity contribution in [3.63, 3.8) is 0 Å². The molecule has 4 nitrogen and oxygen atoms in total. The van der Waals surface area contributed by atoms with Crippen LogP contribution in [0.3, 0.4) is 0 Å². The summed E-state index contributed by atoms with van der Waals surface area (Å²) in [5.41, 5.74) is 0.698. The van der Waals surface area contributed by atoms with Gasteiger partial charge in [0.1, 0.15) is 5.66 Å². The van der Waals surface area contributed by atoms with Crippen LogP contribution >= 0.6 is 52.9 Å². The van der Waals surface area contributed by atoms with E-state index in [-0.39, 0.29) is 12.5 Å². The first-order valence-corrected chi connectivity index (χ1v) is 13.4. The maximum Gasteiger partial charge on any atom is 0.241 e. The van der Waals surface area contributed by atoms with Crippen LogP contribution in [0.15, 0.2) is 54.0 Å². The van der Waals surface area contributed by atoms with Crippen LogP contribution in [0.2, 0.25) is 5.02 Å². The molecule has 0 aliphatic heterocycles. The first-order chi connectivity index (χ1) is 13.8. The molecule has 1 heterocycles. The Kier molecular flexibility index (Phi) is 7.57. The van der Waals surface area contributed by atoms with E-state index >= 15 is 0 Å². The number of nitrogens with one attached hydrogen (secondary N) is 1. The number of hydrogen-bond acceptors (Lipinski definition) is 4. The van der Waals surface area contributed by atoms with Crippen LogP contribution in [0.4, 0.5) is 0 Å². The molecule has 29 heavy (non-hydrogen) atoms. The summed E-state index contributed by atoms with van der Waals surface area (Å²) < 4.78 is 21.0. The molecule has 8 heteroatoms. The van der Waals surface area contributed by atoms with Gasteiger partial charge in [-0.1, -0.05) is 23.7 Å². The lowest BCUT2D eigenvalue weighted by molar-refractivity contribution is -0.120. The van der Waals surface area contributed by atoms with Gasteiger partial charge in [-0.25, -0.2) is 0 Å². The second-order valence-corrected chi connectivity index (χ2v) is 11.6. The second kappa shape index (κ2) is 9.75. The van der Waals surface area contributed by atoms with Gasteiger partial charge in [0.05, 0.1) is 6.61 Å². The molecule has 1 amide bonds. The molecule has 0 spiro atoms. The molecule has 1 aromatic heterocycles. The Labute approximate surface area is 192 Å². The van der Waals surface area contributed by atoms with Gasteiger partial charge < -0.3 is 9.84 Å². The second-order valence-electron chi connectivity index (χ2n) is 6.46. The summed E-state index contributed by atoms with van der Waals surface area (Å²) in [5.74, 6) is -0.360. The van der Waals surface area contributed by atoms with Crippen molar-refractivity contribution in [1.82, 2.24) is 5.32 Å². The Bertz CT molecular complexity index is 1110. The van der Waals surface area contributed by atoms with Gasteiger partial charge in [0.15, 0.2) is 0 Å². The van der Waals surface area contributed by atoms with Crippen molar-refractivity contribution >= 4 is 75.0 Å². The van der Waals surface area contributed by atoms with Crippen LogP contribution in [-0.4, -0.2) is 19.2 Å². The van der Waals surface area contributed by atoms with Crippen molar-refractivity contribution in [2.45, 2.75) is 12.6 Å². The quantitative estimate of drug-likeness (QED) is 0.252. The molecule has 1 N–H and O–H groups in total. The molecular weight excluding hydrogens is 540 g/mol. The number of carbonyl (C=O) groups is 1. The molecule has 0 saturated carbocycles. The number of benzene rings is 2. The van der Waals surface area contributed by atoms with Crippen LogP contribution in [0.25, 0.3) is 16.2 Å². The zero-order valence-corrected chi connectivity index (χ0v) is 20.5. The van der Waals surface area contributed by atoms with Crippen molar-refractivity contribution in [3.05, 3.63) is 73.8 Å². The van der Waals surface area contributed by atoms with Gasteiger partial charge in [-0.05, 0) is 87.8 Å². The number of amides is 1. The van der Waals surface area contributed by atoms with Crippen LogP contribution < -0.4 is 5.32 Å². The smallest absolute Gasteiger partial charge is 0.241 e. The average molecular weight is 560 g/mol. The fraction of sp³-hybridized carbons (Fsp3) is 0.190. The Morgan fingerprint density at radius 3 is 2.86 bits per heavy atom. The molecule has 0 bridgehead atoms. The lowest BCUT2D eigenvalue weighted by Gasteiger charge is -2.22. The van der Waals surface area contributed by atoms with Crippen molar-refractivity contribution in [3.8, 4) is 0 Å². The van der Waals surface area contributed by atoms with Crippen molar-refractivity contribution in [2.24, 2.45) is 0 Å². The number of hydrogen-bond donors (Lipinski definition) is 1. The van der Waals surface area contributed by atoms with E-state index < -0.39 is 13.0 Å². The molecule has 2 aromatic carbocycles. The summed E-state index contributed by atoms with van der Waals surface area (Å²) in [4.78, 5) is 13.1. The third-order valence-electron chi connectivity index (χ3n) is 4.31. The Balaban J connectivity index is 1.94. The third kappa shape index (κ3) is 5.50. The maximum absolute atomic E-state index is 13.3. The summed E-state index contributed by atoms with van der Waals surface area (Å²) in [7, 11) is -3.25. The van der Waals surface area contributed by atoms with Gasteiger partial charge in [-0.2, -0.15) is 0 Å². The summed E-state index contributed by atoms with van der Waals surface area (Å²) in [6.45, 7) is 3.58. The fourth-order valence-corrected chi connectivity index (χ4v) is 6.72. The van der Waals surface area contributed by atoms with Crippen molar-refractivity contribution < 1.29 is 13.9 Å². The highest BCUT2D eigenvalue weighted by atomic mass is 127. The molecule has 0 radical (unpaired) electrons. The molecule has 0 aliphatic rings. The minimum absolute atomic E-state index is 0.273. The van der Waals surface area contributed by atoms with Gasteiger partial charge in [0, 0.05) is 26.2 Å². The zero-order chi connectivity index (χ0) is 21.0. The topological polar surface area (TPSA) is 55.4 Å². The third-order valence-corrected chi connectivity index (χ3v) is 8.42. The zero-order valence-electron chi connectivity index (χ0n) is 15.9. The highest BCUT2D eigenvalue weighted by Gasteiger charge is 2.38. The van der Waals surface area contributed by atoms with Crippen LogP contribution in [0, 0.1) is 3.57 Å². The van der Waals surface area contributed by atoms with Crippen LogP contribution in [0.1, 0.15) is 23.7 Å². The fourth-order valence-electron chi connectivity index (χ4n) is 3.08. The number of thiophene rings is 1. The van der Waals surface area contributed by atoms with Gasteiger partial charge in [-0.3, -0.25) is 9.36 Å². The summed E-state index contributed by atoms with van der Waals surface area (Å²) in [6.07, 6.45) is 3.29. The van der Waals surface area contributed by atoms with Crippen LogP contribution in [0.5, 0.6) is 0 Å². The Hall–Kier alpha value is -1.18. The first-order valence-electron chi connectivity index (χ1n) is 8.92. The number of halogens is 2. The minimum Gasteiger partial charge on any atom is -0.332 e. The largest absolute Gasteiger partial charge is 0.332 e. The van der Waals surface area contributed by atoms with Crippen LogP contribution in [-0.2, 0) is 13.9 Å². The molecular formula is C21H20ClINO3PS. The summed E-state index contributed by atoms with van der Waals surface area (Å²) in [5, 5.41) is 6.22. The van der Waals surface area contributed by atoms with Gasteiger partial charge in [0.25, 0.3) is 0 Å². The standard InChI is InChI=1S/C21H20ClINO3PS/c1-3-27-28(2,26)20(18-13-29-19-8-7-16(23)12-17(18)19)21(25)24-10-9-14-5-4-6-15(22)11-14/h4-13,20H,3H2,1-2H3,(H,24,25)/b10-9+. The van der Waals surface area contributed by atoms with Gasteiger partial charge in [-0.15, -0.1) is 11.3 Å². The van der Waals surface area contributed by atoms with E-state index in [1.54, 1.807) is 31.3 Å². The highest BCUT2D eigenvalue weighted by molar-refractivity contribution is 14.1. The lowest BCUT2D eigenvalue weighted by Crippen LogP contribution is -2.25. The van der Waals surface area contributed by atoms with Crippen molar-refractivity contribution in [1.29, 1.82) is 0 Å². The molecule has 2 unspecified atom stereocenters. The Morgan fingerprint density at radius 1 is 1.34 bits per heavy atom. The monoisotopic (exact) mass is 559 g/mol. The highest BCUT2D eigenvalue weighted by Crippen LogP contribution is 2.58. The van der Waals surface area contributed by atoms with E-state index in [9.17, 15) is 9.36 Å². The SMILES string of the molecule is CCOP(C)(=O)C(C(=O)N/C=C/c1cccc(Cl)c1)c1csc2ccc(I)cc12. The summed E-state index contributed by atoms with van der Waals surface area (Å²) in [6, 6.07) is 13.3. The number of carbonyl (C=O) groups excluding carboxylic acids is 1. The van der Waals surface area contributed by atoms with Crippen molar-refractivity contribution in [2.75, 3.05) is 13.3 Å². The maximum atomic E-state index is 13.3. The normalized spacial score (nSPS) is 14.8.